The molecule has 5 nitrogen and oxygen atoms in total. The maximum absolute atomic E-state index is 11.2. The third-order valence-corrected chi connectivity index (χ3v) is 2.70. The summed E-state index contributed by atoms with van der Waals surface area (Å²) in [6.45, 7) is 1.52. The van der Waals surface area contributed by atoms with Crippen LogP contribution in [0.1, 0.15) is 0 Å². The van der Waals surface area contributed by atoms with E-state index in [2.05, 4.69) is 25.9 Å². The Hall–Kier alpha value is -0.880. The Morgan fingerprint density at radius 3 is 3.00 bits per heavy atom. The second-order valence-corrected chi connectivity index (χ2v) is 3.83. The van der Waals surface area contributed by atoms with Gasteiger partial charge in [-0.15, -0.1) is 0 Å². The molecule has 0 bridgehead atoms. The van der Waals surface area contributed by atoms with E-state index < -0.39 is 0 Å². The fourth-order valence-corrected chi connectivity index (χ4v) is 1.75. The average molecular weight is 245 g/mol. The number of halogens is 1. The Kier molecular flexibility index (Phi) is 2.09. The number of anilines is 1. The van der Waals surface area contributed by atoms with Crippen molar-refractivity contribution in [1.82, 2.24) is 9.97 Å². The molecule has 3 N–H and O–H groups in total. The van der Waals surface area contributed by atoms with Crippen LogP contribution in [-0.2, 0) is 0 Å². The standard InChI is InChI=1S/C7H9BrN4O/c8-5-6(10-3-11-7(5)13)12-1-4(9)2-12/h3-4H,1-2,9H2,(H,10,11,13). The van der Waals surface area contributed by atoms with E-state index in [1.54, 1.807) is 0 Å². The van der Waals surface area contributed by atoms with Crippen LogP contribution >= 0.6 is 15.9 Å². The topological polar surface area (TPSA) is 75.0 Å². The highest BCUT2D eigenvalue weighted by atomic mass is 79.9. The number of H-pyrrole nitrogens is 1. The van der Waals surface area contributed by atoms with Crippen LogP contribution in [0.2, 0.25) is 0 Å². The number of nitrogens with zero attached hydrogens (tertiary/aromatic N) is 2. The molecule has 2 rings (SSSR count). The van der Waals surface area contributed by atoms with Crippen LogP contribution < -0.4 is 16.2 Å². The first kappa shape index (κ1) is 8.71. The zero-order valence-electron chi connectivity index (χ0n) is 6.83. The summed E-state index contributed by atoms with van der Waals surface area (Å²) in [4.78, 5) is 19.7. The first-order chi connectivity index (χ1) is 6.18. The van der Waals surface area contributed by atoms with Crippen molar-refractivity contribution in [3.05, 3.63) is 21.2 Å². The van der Waals surface area contributed by atoms with Gasteiger partial charge < -0.3 is 15.6 Å². The summed E-state index contributed by atoms with van der Waals surface area (Å²) < 4.78 is 0.474. The largest absolute Gasteiger partial charge is 0.352 e. The van der Waals surface area contributed by atoms with Gasteiger partial charge in [-0.1, -0.05) is 0 Å². The summed E-state index contributed by atoms with van der Waals surface area (Å²) in [6, 6.07) is 0.202. The molecule has 0 saturated carbocycles. The molecule has 1 aromatic heterocycles. The van der Waals surface area contributed by atoms with E-state index in [0.29, 0.717) is 10.3 Å². The molecule has 0 aromatic carbocycles. The predicted octanol–water partition coefficient (Wildman–Crippen LogP) is -0.320. The molecule has 2 heterocycles. The molecule has 1 fully saturated rings. The highest BCUT2D eigenvalue weighted by Crippen LogP contribution is 2.22. The Balaban J connectivity index is 2.31. The number of nitrogens with two attached hydrogens (primary N) is 1. The number of hydrogen-bond donors (Lipinski definition) is 2. The summed E-state index contributed by atoms with van der Waals surface area (Å²) in [5, 5.41) is 0. The van der Waals surface area contributed by atoms with Crippen molar-refractivity contribution >= 4 is 21.7 Å². The number of aromatic nitrogens is 2. The van der Waals surface area contributed by atoms with Gasteiger partial charge in [0.25, 0.3) is 5.56 Å². The van der Waals surface area contributed by atoms with Gasteiger partial charge in [-0.05, 0) is 15.9 Å². The minimum atomic E-state index is -0.162. The number of hydrogen-bond acceptors (Lipinski definition) is 4. The number of aromatic amines is 1. The normalized spacial score (nSPS) is 17.2. The molecule has 0 unspecified atom stereocenters. The van der Waals surface area contributed by atoms with Crippen molar-refractivity contribution in [3.63, 3.8) is 0 Å². The molecule has 0 atom stereocenters. The summed E-state index contributed by atoms with van der Waals surface area (Å²) in [5.41, 5.74) is 5.46. The lowest BCUT2D eigenvalue weighted by molar-refractivity contribution is 0.513. The first-order valence-corrected chi connectivity index (χ1v) is 4.71. The smallest absolute Gasteiger partial charge is 0.267 e. The molecule has 0 aliphatic carbocycles. The zero-order valence-corrected chi connectivity index (χ0v) is 8.41. The minimum Gasteiger partial charge on any atom is -0.352 e. The highest BCUT2D eigenvalue weighted by Gasteiger charge is 2.26. The van der Waals surface area contributed by atoms with Crippen molar-refractivity contribution < 1.29 is 0 Å². The molecule has 1 saturated heterocycles. The fourth-order valence-electron chi connectivity index (χ4n) is 1.28. The predicted molar refractivity (Wildman–Crippen MR) is 52.7 cm³/mol. The van der Waals surface area contributed by atoms with Gasteiger partial charge in [-0.2, -0.15) is 0 Å². The van der Waals surface area contributed by atoms with Gasteiger partial charge in [-0.25, -0.2) is 4.98 Å². The third kappa shape index (κ3) is 1.47. The van der Waals surface area contributed by atoms with Gasteiger partial charge in [0, 0.05) is 19.1 Å². The molecule has 0 amide bonds. The van der Waals surface area contributed by atoms with E-state index in [4.69, 9.17) is 5.73 Å². The maximum Gasteiger partial charge on any atom is 0.267 e. The molecule has 13 heavy (non-hydrogen) atoms. The molecule has 6 heteroatoms. The molecule has 1 aliphatic rings. The Labute approximate surface area is 83.1 Å². The van der Waals surface area contributed by atoms with Crippen LogP contribution in [0.15, 0.2) is 15.6 Å². The van der Waals surface area contributed by atoms with Crippen LogP contribution in [0.25, 0.3) is 0 Å². The monoisotopic (exact) mass is 244 g/mol. The molecule has 1 aliphatic heterocycles. The SMILES string of the molecule is NC1CN(c2nc[nH]c(=O)c2Br)C1. The summed E-state index contributed by atoms with van der Waals surface area (Å²) in [5.74, 6) is 0.672. The number of nitrogens with one attached hydrogen (secondary N) is 1. The lowest BCUT2D eigenvalue weighted by Crippen LogP contribution is -2.56. The van der Waals surface area contributed by atoms with Crippen molar-refractivity contribution in [2.24, 2.45) is 5.73 Å². The first-order valence-electron chi connectivity index (χ1n) is 3.92. The van der Waals surface area contributed by atoms with E-state index in [1.807, 2.05) is 4.90 Å². The Morgan fingerprint density at radius 2 is 2.38 bits per heavy atom. The van der Waals surface area contributed by atoms with Crippen LogP contribution in [0.4, 0.5) is 5.82 Å². The second kappa shape index (κ2) is 3.12. The lowest BCUT2D eigenvalue weighted by Gasteiger charge is -2.37. The Morgan fingerprint density at radius 1 is 1.69 bits per heavy atom. The van der Waals surface area contributed by atoms with Gasteiger partial charge in [0.15, 0.2) is 0 Å². The third-order valence-electron chi connectivity index (χ3n) is 1.99. The van der Waals surface area contributed by atoms with Crippen LogP contribution in [-0.4, -0.2) is 29.1 Å². The van der Waals surface area contributed by atoms with Crippen molar-refractivity contribution in [1.29, 1.82) is 0 Å². The molecular formula is C7H9BrN4O. The van der Waals surface area contributed by atoms with Crippen molar-refractivity contribution in [2.75, 3.05) is 18.0 Å². The van der Waals surface area contributed by atoms with Gasteiger partial charge in [0.2, 0.25) is 0 Å². The van der Waals surface area contributed by atoms with E-state index >= 15 is 0 Å². The minimum absolute atomic E-state index is 0.162. The van der Waals surface area contributed by atoms with Crippen LogP contribution in [0, 0.1) is 0 Å². The van der Waals surface area contributed by atoms with E-state index in [9.17, 15) is 4.79 Å². The van der Waals surface area contributed by atoms with Crippen molar-refractivity contribution in [2.45, 2.75) is 6.04 Å². The van der Waals surface area contributed by atoms with Gasteiger partial charge in [-0.3, -0.25) is 4.79 Å². The highest BCUT2D eigenvalue weighted by molar-refractivity contribution is 9.10. The molecule has 0 spiro atoms. The quantitative estimate of drug-likeness (QED) is 0.711. The van der Waals surface area contributed by atoms with Crippen LogP contribution in [0.3, 0.4) is 0 Å². The van der Waals surface area contributed by atoms with Gasteiger partial charge in [0.05, 0.1) is 6.33 Å². The van der Waals surface area contributed by atoms with E-state index in [-0.39, 0.29) is 11.6 Å². The molecule has 1 aromatic rings. The fraction of sp³-hybridized carbons (Fsp3) is 0.429. The summed E-state index contributed by atoms with van der Waals surface area (Å²) >= 11 is 3.19. The molecular weight excluding hydrogens is 236 g/mol. The van der Waals surface area contributed by atoms with E-state index in [0.717, 1.165) is 13.1 Å². The molecule has 0 radical (unpaired) electrons. The molecule has 70 valence electrons. The second-order valence-electron chi connectivity index (χ2n) is 3.03. The van der Waals surface area contributed by atoms with Gasteiger partial charge in [0.1, 0.15) is 10.3 Å². The van der Waals surface area contributed by atoms with E-state index in [1.165, 1.54) is 6.33 Å². The number of rotatable bonds is 1. The zero-order chi connectivity index (χ0) is 9.42. The van der Waals surface area contributed by atoms with Crippen molar-refractivity contribution in [3.8, 4) is 0 Å². The lowest BCUT2D eigenvalue weighted by atomic mass is 10.1. The average Bonchev–Trinajstić information content (AvgIpc) is 2.05. The van der Waals surface area contributed by atoms with Crippen LogP contribution in [0.5, 0.6) is 0 Å². The summed E-state index contributed by atoms with van der Waals surface area (Å²) in [6.07, 6.45) is 1.40. The maximum atomic E-state index is 11.2. The van der Waals surface area contributed by atoms with Gasteiger partial charge >= 0.3 is 0 Å². The Bertz CT molecular complexity index is 371. The summed E-state index contributed by atoms with van der Waals surface area (Å²) in [7, 11) is 0.